The van der Waals surface area contributed by atoms with Crippen LogP contribution in [0.5, 0.6) is 0 Å². The molecular weight excluding hydrogens is 323 g/mol. The number of nitrogens with zero attached hydrogens (tertiary/aromatic N) is 1. The lowest BCUT2D eigenvalue weighted by Crippen LogP contribution is -2.57. The minimum atomic E-state index is -4.44. The monoisotopic (exact) mass is 343 g/mol. The Kier molecular flexibility index (Phi) is 5.33. The maximum Gasteiger partial charge on any atom is 0.405 e. The van der Waals surface area contributed by atoms with Gasteiger partial charge in [-0.15, -0.1) is 0 Å². The van der Waals surface area contributed by atoms with E-state index in [0.29, 0.717) is 13.1 Å². The van der Waals surface area contributed by atoms with Gasteiger partial charge in [-0.25, -0.2) is 8.42 Å². The summed E-state index contributed by atoms with van der Waals surface area (Å²) in [7, 11) is -3.23. The minimum Gasteiger partial charge on any atom is -0.354 e. The first-order valence-electron chi connectivity index (χ1n) is 7.19. The smallest absolute Gasteiger partial charge is 0.354 e. The lowest BCUT2D eigenvalue weighted by atomic mass is 10.1. The standard InChI is InChI=1S/C12H20F3N3O3S/c13-12(14,15)10(18-4-2-16-3-5-18)7-17-11(19)9-1-6-22(20,21)8-9/h9-10,16H,1-8H2,(H,17,19). The molecule has 2 aliphatic rings. The summed E-state index contributed by atoms with van der Waals surface area (Å²) < 4.78 is 62.1. The molecule has 0 bridgehead atoms. The fraction of sp³-hybridized carbons (Fsp3) is 0.917. The normalized spacial score (nSPS) is 27.5. The first-order chi connectivity index (χ1) is 10.2. The van der Waals surface area contributed by atoms with Gasteiger partial charge in [0.05, 0.1) is 17.4 Å². The van der Waals surface area contributed by atoms with E-state index in [9.17, 15) is 26.4 Å². The molecule has 128 valence electrons. The number of amides is 1. The van der Waals surface area contributed by atoms with E-state index in [4.69, 9.17) is 0 Å². The van der Waals surface area contributed by atoms with Crippen LogP contribution in [0.15, 0.2) is 0 Å². The molecule has 2 fully saturated rings. The number of sulfone groups is 1. The Morgan fingerprint density at radius 1 is 1.32 bits per heavy atom. The number of hydrogen-bond acceptors (Lipinski definition) is 5. The van der Waals surface area contributed by atoms with E-state index in [2.05, 4.69) is 10.6 Å². The number of rotatable bonds is 4. The highest BCUT2D eigenvalue weighted by Gasteiger charge is 2.44. The molecule has 0 aromatic rings. The molecule has 0 aliphatic carbocycles. The Morgan fingerprint density at radius 3 is 2.45 bits per heavy atom. The second-order valence-corrected chi connectivity index (χ2v) is 7.92. The number of carbonyl (C=O) groups excluding carboxylic acids is 1. The van der Waals surface area contributed by atoms with Gasteiger partial charge in [0.25, 0.3) is 0 Å². The number of halogens is 3. The molecule has 2 aliphatic heterocycles. The average molecular weight is 343 g/mol. The quantitative estimate of drug-likeness (QED) is 0.711. The van der Waals surface area contributed by atoms with Crippen molar-refractivity contribution >= 4 is 15.7 Å². The van der Waals surface area contributed by atoms with Crippen LogP contribution in [0.1, 0.15) is 6.42 Å². The van der Waals surface area contributed by atoms with E-state index in [1.165, 1.54) is 4.90 Å². The van der Waals surface area contributed by atoms with Gasteiger partial charge in [0.15, 0.2) is 9.84 Å². The molecule has 2 heterocycles. The van der Waals surface area contributed by atoms with Crippen LogP contribution >= 0.6 is 0 Å². The first-order valence-corrected chi connectivity index (χ1v) is 9.01. The fourth-order valence-corrected chi connectivity index (χ4v) is 4.53. The van der Waals surface area contributed by atoms with E-state index < -0.39 is 40.4 Å². The zero-order chi connectivity index (χ0) is 16.4. The highest BCUT2D eigenvalue weighted by molar-refractivity contribution is 7.91. The van der Waals surface area contributed by atoms with Gasteiger partial charge in [0, 0.05) is 32.7 Å². The lowest BCUT2D eigenvalue weighted by molar-refractivity contribution is -0.184. The maximum atomic E-state index is 13.1. The molecule has 22 heavy (non-hydrogen) atoms. The summed E-state index contributed by atoms with van der Waals surface area (Å²) >= 11 is 0. The number of nitrogens with one attached hydrogen (secondary N) is 2. The Balaban J connectivity index is 1.92. The van der Waals surface area contributed by atoms with Crippen LogP contribution in [0, 0.1) is 5.92 Å². The highest BCUT2D eigenvalue weighted by Crippen LogP contribution is 2.25. The van der Waals surface area contributed by atoms with Crippen molar-refractivity contribution in [3.05, 3.63) is 0 Å². The van der Waals surface area contributed by atoms with Crippen molar-refractivity contribution < 1.29 is 26.4 Å². The average Bonchev–Trinajstić information content (AvgIpc) is 2.79. The molecule has 1 amide bonds. The molecule has 0 aromatic heterocycles. The van der Waals surface area contributed by atoms with Crippen molar-refractivity contribution in [3.8, 4) is 0 Å². The molecule has 0 aromatic carbocycles. The van der Waals surface area contributed by atoms with E-state index in [0.717, 1.165) is 0 Å². The molecule has 2 rings (SSSR count). The number of carbonyl (C=O) groups is 1. The van der Waals surface area contributed by atoms with Crippen molar-refractivity contribution in [2.24, 2.45) is 5.92 Å². The van der Waals surface area contributed by atoms with Crippen molar-refractivity contribution in [3.63, 3.8) is 0 Å². The molecular formula is C12H20F3N3O3S. The van der Waals surface area contributed by atoms with E-state index in [1.807, 2.05) is 0 Å². The van der Waals surface area contributed by atoms with Gasteiger partial charge in [-0.1, -0.05) is 0 Å². The zero-order valence-electron chi connectivity index (χ0n) is 12.0. The third-order valence-corrected chi connectivity index (χ3v) is 5.81. The van der Waals surface area contributed by atoms with Gasteiger partial charge in [-0.3, -0.25) is 9.69 Å². The Morgan fingerprint density at radius 2 is 1.95 bits per heavy atom. The molecule has 10 heteroatoms. The van der Waals surface area contributed by atoms with Gasteiger partial charge >= 0.3 is 6.18 Å². The van der Waals surface area contributed by atoms with Gasteiger partial charge in [-0.05, 0) is 6.42 Å². The second-order valence-electron chi connectivity index (χ2n) is 5.69. The van der Waals surface area contributed by atoms with E-state index in [-0.39, 0.29) is 31.0 Å². The first kappa shape index (κ1) is 17.5. The Hall–Kier alpha value is -0.870. The predicted molar refractivity (Wildman–Crippen MR) is 74.1 cm³/mol. The van der Waals surface area contributed by atoms with Crippen LogP contribution in [0.2, 0.25) is 0 Å². The van der Waals surface area contributed by atoms with Crippen LogP contribution in [-0.4, -0.2) is 75.7 Å². The van der Waals surface area contributed by atoms with E-state index >= 15 is 0 Å². The van der Waals surface area contributed by atoms with E-state index in [1.54, 1.807) is 0 Å². The molecule has 0 radical (unpaired) electrons. The third kappa shape index (κ3) is 4.56. The summed E-state index contributed by atoms with van der Waals surface area (Å²) in [6.45, 7) is 0.928. The second kappa shape index (κ2) is 6.71. The van der Waals surface area contributed by atoms with Crippen molar-refractivity contribution in [2.75, 3.05) is 44.2 Å². The van der Waals surface area contributed by atoms with Crippen LogP contribution in [0.4, 0.5) is 13.2 Å². The number of piperazine rings is 1. The Labute approximate surface area is 127 Å². The highest BCUT2D eigenvalue weighted by atomic mass is 32.2. The van der Waals surface area contributed by atoms with Crippen molar-refractivity contribution in [1.82, 2.24) is 15.5 Å². The zero-order valence-corrected chi connectivity index (χ0v) is 12.8. The lowest BCUT2D eigenvalue weighted by Gasteiger charge is -2.36. The van der Waals surface area contributed by atoms with Crippen molar-refractivity contribution in [1.29, 1.82) is 0 Å². The SMILES string of the molecule is O=C(NCC(N1CCNCC1)C(F)(F)F)C1CCS(=O)(=O)C1. The summed E-state index contributed by atoms with van der Waals surface area (Å²) in [6, 6.07) is -1.74. The summed E-state index contributed by atoms with van der Waals surface area (Å²) in [5.41, 5.74) is 0. The molecule has 2 atom stereocenters. The van der Waals surface area contributed by atoms with Crippen LogP contribution in [-0.2, 0) is 14.6 Å². The van der Waals surface area contributed by atoms with Crippen LogP contribution < -0.4 is 10.6 Å². The molecule has 0 spiro atoms. The minimum absolute atomic E-state index is 0.0778. The van der Waals surface area contributed by atoms with Gasteiger partial charge in [0.2, 0.25) is 5.91 Å². The predicted octanol–water partition coefficient (Wildman–Crippen LogP) is -0.627. The molecule has 6 nitrogen and oxygen atoms in total. The Bertz CT molecular complexity index is 503. The van der Waals surface area contributed by atoms with Gasteiger partial charge in [0.1, 0.15) is 6.04 Å². The summed E-state index contributed by atoms with van der Waals surface area (Å²) in [4.78, 5) is 13.2. The summed E-state index contributed by atoms with van der Waals surface area (Å²) in [5.74, 6) is -1.69. The maximum absolute atomic E-state index is 13.1. The summed E-state index contributed by atoms with van der Waals surface area (Å²) in [6.07, 6.45) is -4.26. The molecule has 0 saturated carbocycles. The topological polar surface area (TPSA) is 78.5 Å². The molecule has 2 unspecified atom stereocenters. The number of alkyl halides is 3. The molecule has 2 saturated heterocycles. The van der Waals surface area contributed by atoms with Gasteiger partial charge in [-0.2, -0.15) is 13.2 Å². The molecule has 2 N–H and O–H groups in total. The van der Waals surface area contributed by atoms with Crippen LogP contribution in [0.25, 0.3) is 0 Å². The fourth-order valence-electron chi connectivity index (χ4n) is 2.79. The summed E-state index contributed by atoms with van der Waals surface area (Å²) in [5, 5.41) is 5.26. The number of hydrogen-bond donors (Lipinski definition) is 2. The largest absolute Gasteiger partial charge is 0.405 e. The van der Waals surface area contributed by atoms with Crippen molar-refractivity contribution in [2.45, 2.75) is 18.6 Å². The third-order valence-electron chi connectivity index (χ3n) is 4.04. The van der Waals surface area contributed by atoms with Crippen LogP contribution in [0.3, 0.4) is 0 Å². The van der Waals surface area contributed by atoms with Gasteiger partial charge < -0.3 is 10.6 Å².